The molecule has 0 radical (unpaired) electrons. The smallest absolute Gasteiger partial charge is 0.150 e. The van der Waals surface area contributed by atoms with Crippen LogP contribution in [0.3, 0.4) is 0 Å². The number of carbonyl (C=O) groups excluding carboxylic acids is 1. The number of ether oxygens (including phenoxy) is 1. The normalized spacial score (nSPS) is 10.1. The minimum atomic E-state index is -0.473. The Labute approximate surface area is 109 Å². The van der Waals surface area contributed by atoms with Crippen molar-refractivity contribution in [2.45, 2.75) is 6.61 Å². The molecule has 0 saturated carbocycles. The summed E-state index contributed by atoms with van der Waals surface area (Å²) in [5, 5.41) is 0.0849. The van der Waals surface area contributed by atoms with E-state index in [0.717, 1.165) is 6.29 Å². The summed E-state index contributed by atoms with van der Waals surface area (Å²) in [6, 6.07) is 11.3. The van der Waals surface area contributed by atoms with E-state index in [2.05, 4.69) is 0 Å². The molecular formula is C14H10ClFO2. The fourth-order valence-electron chi connectivity index (χ4n) is 1.47. The summed E-state index contributed by atoms with van der Waals surface area (Å²) in [4.78, 5) is 10.6. The SMILES string of the molecule is O=Cc1cccc(OCc2ccc(Cl)c(F)c2)c1. The minimum Gasteiger partial charge on any atom is -0.489 e. The molecule has 0 aliphatic rings. The lowest BCUT2D eigenvalue weighted by Gasteiger charge is -2.07. The van der Waals surface area contributed by atoms with Crippen LogP contribution in [0.1, 0.15) is 15.9 Å². The third-order valence-corrected chi connectivity index (χ3v) is 2.69. The summed E-state index contributed by atoms with van der Waals surface area (Å²) in [6.07, 6.45) is 0.745. The number of halogens is 2. The van der Waals surface area contributed by atoms with Gasteiger partial charge in [-0.05, 0) is 29.8 Å². The van der Waals surface area contributed by atoms with Gasteiger partial charge in [-0.3, -0.25) is 4.79 Å². The molecule has 0 heterocycles. The maximum absolute atomic E-state index is 13.2. The predicted octanol–water partition coefficient (Wildman–Crippen LogP) is 3.87. The van der Waals surface area contributed by atoms with Gasteiger partial charge in [0.1, 0.15) is 24.5 Å². The van der Waals surface area contributed by atoms with Gasteiger partial charge in [0.05, 0.1) is 5.02 Å². The molecule has 0 N–H and O–H groups in total. The zero-order valence-electron chi connectivity index (χ0n) is 9.40. The van der Waals surface area contributed by atoms with Crippen LogP contribution in [0.4, 0.5) is 4.39 Å². The van der Waals surface area contributed by atoms with Crippen molar-refractivity contribution >= 4 is 17.9 Å². The maximum atomic E-state index is 13.2. The first-order chi connectivity index (χ1) is 8.69. The molecule has 0 aliphatic carbocycles. The van der Waals surface area contributed by atoms with Gasteiger partial charge in [-0.25, -0.2) is 4.39 Å². The van der Waals surface area contributed by atoms with E-state index in [1.807, 2.05) is 0 Å². The molecule has 2 rings (SSSR count). The summed E-state index contributed by atoms with van der Waals surface area (Å²) >= 11 is 5.58. The molecule has 2 nitrogen and oxygen atoms in total. The van der Waals surface area contributed by atoms with Crippen LogP contribution in [0.25, 0.3) is 0 Å². The van der Waals surface area contributed by atoms with Gasteiger partial charge < -0.3 is 4.74 Å². The first kappa shape index (κ1) is 12.6. The second-order valence-electron chi connectivity index (χ2n) is 3.73. The average molecular weight is 265 g/mol. The largest absolute Gasteiger partial charge is 0.489 e. The molecule has 4 heteroatoms. The summed E-state index contributed by atoms with van der Waals surface area (Å²) < 4.78 is 18.7. The van der Waals surface area contributed by atoms with E-state index < -0.39 is 5.82 Å². The van der Waals surface area contributed by atoms with Crippen molar-refractivity contribution in [2.75, 3.05) is 0 Å². The summed E-state index contributed by atoms with van der Waals surface area (Å²) in [5.41, 5.74) is 1.21. The number of rotatable bonds is 4. The number of hydrogen-bond acceptors (Lipinski definition) is 2. The van der Waals surface area contributed by atoms with Crippen molar-refractivity contribution in [2.24, 2.45) is 0 Å². The Morgan fingerprint density at radius 1 is 1.22 bits per heavy atom. The van der Waals surface area contributed by atoms with Crippen LogP contribution >= 0.6 is 11.6 Å². The van der Waals surface area contributed by atoms with Crippen LogP contribution in [0, 0.1) is 5.82 Å². The molecule has 0 aromatic heterocycles. The summed E-state index contributed by atoms with van der Waals surface area (Å²) in [5.74, 6) is 0.0920. The van der Waals surface area contributed by atoms with Gasteiger partial charge in [0, 0.05) is 5.56 Å². The zero-order chi connectivity index (χ0) is 13.0. The lowest BCUT2D eigenvalue weighted by molar-refractivity contribution is 0.112. The van der Waals surface area contributed by atoms with Crippen molar-refractivity contribution in [3.05, 3.63) is 64.4 Å². The van der Waals surface area contributed by atoms with Crippen molar-refractivity contribution in [3.63, 3.8) is 0 Å². The Kier molecular flexibility index (Phi) is 3.95. The Bertz CT molecular complexity index is 569. The molecule has 0 saturated heterocycles. The molecule has 18 heavy (non-hydrogen) atoms. The Morgan fingerprint density at radius 3 is 2.78 bits per heavy atom. The number of hydrogen-bond donors (Lipinski definition) is 0. The lowest BCUT2D eigenvalue weighted by atomic mass is 10.2. The molecule has 0 fully saturated rings. The fraction of sp³-hybridized carbons (Fsp3) is 0.0714. The summed E-state index contributed by atoms with van der Waals surface area (Å²) in [7, 11) is 0. The average Bonchev–Trinajstić information content (AvgIpc) is 2.40. The molecule has 2 aromatic carbocycles. The Hall–Kier alpha value is -1.87. The highest BCUT2D eigenvalue weighted by molar-refractivity contribution is 6.30. The third kappa shape index (κ3) is 3.08. The molecule has 0 amide bonds. The first-order valence-corrected chi connectivity index (χ1v) is 5.69. The monoisotopic (exact) mass is 264 g/mol. The molecule has 0 atom stereocenters. The van der Waals surface area contributed by atoms with Crippen LogP contribution < -0.4 is 4.74 Å². The highest BCUT2D eigenvalue weighted by Gasteiger charge is 2.02. The molecular weight excluding hydrogens is 255 g/mol. The topological polar surface area (TPSA) is 26.3 Å². The molecule has 0 bridgehead atoms. The van der Waals surface area contributed by atoms with Crippen LogP contribution in [-0.4, -0.2) is 6.29 Å². The van der Waals surface area contributed by atoms with Crippen molar-refractivity contribution in [1.29, 1.82) is 0 Å². The van der Waals surface area contributed by atoms with E-state index in [1.165, 1.54) is 12.1 Å². The number of benzene rings is 2. The van der Waals surface area contributed by atoms with E-state index >= 15 is 0 Å². The van der Waals surface area contributed by atoms with Crippen molar-refractivity contribution < 1.29 is 13.9 Å². The quantitative estimate of drug-likeness (QED) is 0.784. The van der Waals surface area contributed by atoms with Gasteiger partial charge in [-0.1, -0.05) is 29.8 Å². The predicted molar refractivity (Wildman–Crippen MR) is 67.6 cm³/mol. The number of aldehydes is 1. The van der Waals surface area contributed by atoms with E-state index in [1.54, 1.807) is 30.3 Å². The molecule has 0 aliphatic heterocycles. The second-order valence-corrected chi connectivity index (χ2v) is 4.13. The first-order valence-electron chi connectivity index (χ1n) is 5.31. The van der Waals surface area contributed by atoms with E-state index in [4.69, 9.17) is 16.3 Å². The van der Waals surface area contributed by atoms with Gasteiger partial charge in [-0.15, -0.1) is 0 Å². The molecule has 0 spiro atoms. The highest BCUT2D eigenvalue weighted by atomic mass is 35.5. The molecule has 0 unspecified atom stereocenters. The van der Waals surface area contributed by atoms with Crippen LogP contribution in [-0.2, 0) is 6.61 Å². The van der Waals surface area contributed by atoms with Gasteiger partial charge in [0.15, 0.2) is 0 Å². The zero-order valence-corrected chi connectivity index (χ0v) is 10.2. The van der Waals surface area contributed by atoms with Gasteiger partial charge in [0.2, 0.25) is 0 Å². The van der Waals surface area contributed by atoms with Gasteiger partial charge >= 0.3 is 0 Å². The minimum absolute atomic E-state index is 0.0849. The molecule has 92 valence electrons. The van der Waals surface area contributed by atoms with E-state index in [-0.39, 0.29) is 11.6 Å². The highest BCUT2D eigenvalue weighted by Crippen LogP contribution is 2.18. The van der Waals surface area contributed by atoms with Gasteiger partial charge in [-0.2, -0.15) is 0 Å². The Balaban J connectivity index is 2.06. The third-order valence-electron chi connectivity index (χ3n) is 2.38. The van der Waals surface area contributed by atoms with Crippen LogP contribution in [0.5, 0.6) is 5.75 Å². The van der Waals surface area contributed by atoms with Gasteiger partial charge in [0.25, 0.3) is 0 Å². The van der Waals surface area contributed by atoms with E-state index in [0.29, 0.717) is 16.9 Å². The lowest BCUT2D eigenvalue weighted by Crippen LogP contribution is -1.96. The van der Waals surface area contributed by atoms with Crippen molar-refractivity contribution in [1.82, 2.24) is 0 Å². The maximum Gasteiger partial charge on any atom is 0.150 e. The fourth-order valence-corrected chi connectivity index (χ4v) is 1.59. The summed E-state index contributed by atoms with van der Waals surface area (Å²) in [6.45, 7) is 0.219. The standard InChI is InChI=1S/C14H10ClFO2/c15-13-5-4-11(7-14(13)16)9-18-12-3-1-2-10(6-12)8-17/h1-8H,9H2. The molecule has 2 aromatic rings. The van der Waals surface area contributed by atoms with Crippen LogP contribution in [0.15, 0.2) is 42.5 Å². The van der Waals surface area contributed by atoms with E-state index in [9.17, 15) is 9.18 Å². The Morgan fingerprint density at radius 2 is 2.06 bits per heavy atom. The number of carbonyl (C=O) groups is 1. The van der Waals surface area contributed by atoms with Crippen LogP contribution in [0.2, 0.25) is 5.02 Å². The second kappa shape index (κ2) is 5.65. The van der Waals surface area contributed by atoms with Crippen molar-refractivity contribution in [3.8, 4) is 5.75 Å².